The third-order valence-electron chi connectivity index (χ3n) is 4.32. The van der Waals surface area contributed by atoms with Crippen LogP contribution in [-0.4, -0.2) is 10.1 Å². The molecule has 0 atom stereocenters. The van der Waals surface area contributed by atoms with Crippen molar-refractivity contribution >= 4 is 39.6 Å². The van der Waals surface area contributed by atoms with Crippen LogP contribution in [-0.2, 0) is 6.61 Å². The second-order valence-corrected chi connectivity index (χ2v) is 6.78. The number of nitrogens with one attached hydrogen (secondary N) is 2. The third-order valence-corrected chi connectivity index (χ3v) is 4.53. The molecule has 0 spiro atoms. The van der Waals surface area contributed by atoms with Gasteiger partial charge in [0.1, 0.15) is 12.4 Å². The highest BCUT2D eigenvalue weighted by atomic mass is 32.1. The van der Waals surface area contributed by atoms with Crippen LogP contribution in [0.15, 0.2) is 85.1 Å². The van der Waals surface area contributed by atoms with E-state index in [9.17, 15) is 4.39 Å². The van der Waals surface area contributed by atoms with Gasteiger partial charge in [0.2, 0.25) is 0 Å². The molecular formula is C23H18FN3OS. The fourth-order valence-electron chi connectivity index (χ4n) is 2.98. The molecule has 0 aliphatic rings. The monoisotopic (exact) mass is 403 g/mol. The molecule has 3 aromatic carbocycles. The molecule has 0 saturated heterocycles. The average Bonchev–Trinajstić information content (AvgIpc) is 2.73. The lowest BCUT2D eigenvalue weighted by Crippen LogP contribution is -2.20. The van der Waals surface area contributed by atoms with Crippen LogP contribution in [0.4, 0.5) is 15.9 Å². The van der Waals surface area contributed by atoms with Crippen molar-refractivity contribution in [1.29, 1.82) is 0 Å². The summed E-state index contributed by atoms with van der Waals surface area (Å²) in [5, 5.41) is 8.89. The zero-order chi connectivity index (χ0) is 20.1. The summed E-state index contributed by atoms with van der Waals surface area (Å²) in [5.41, 5.74) is 1.63. The molecule has 2 N–H and O–H groups in total. The Balaban J connectivity index is 1.47. The van der Waals surface area contributed by atoms with Crippen molar-refractivity contribution < 1.29 is 9.13 Å². The second-order valence-electron chi connectivity index (χ2n) is 6.37. The average molecular weight is 403 g/mol. The first-order chi connectivity index (χ1) is 14.2. The summed E-state index contributed by atoms with van der Waals surface area (Å²) >= 11 is 5.47. The van der Waals surface area contributed by atoms with Crippen LogP contribution in [0.25, 0.3) is 10.8 Å². The lowest BCUT2D eigenvalue weighted by atomic mass is 10.1. The van der Waals surface area contributed by atoms with Gasteiger partial charge in [0.05, 0.1) is 0 Å². The van der Waals surface area contributed by atoms with Crippen molar-refractivity contribution in [2.24, 2.45) is 0 Å². The molecule has 1 aromatic heterocycles. The number of benzene rings is 3. The standard InChI is InChI=1S/C23H18FN3OS/c24-18-9-3-6-16(14-18)15-28-21-12-5-13-25-22(21)27-23(29)26-20-11-4-8-17-7-1-2-10-19(17)20/h1-14H,15H2,(H2,25,26,27,29). The van der Waals surface area contributed by atoms with Crippen LogP contribution in [0.5, 0.6) is 5.75 Å². The smallest absolute Gasteiger partial charge is 0.176 e. The largest absolute Gasteiger partial charge is 0.485 e. The Bertz CT molecular complexity index is 1160. The fourth-order valence-corrected chi connectivity index (χ4v) is 3.19. The minimum absolute atomic E-state index is 0.224. The molecule has 0 unspecified atom stereocenters. The highest BCUT2D eigenvalue weighted by molar-refractivity contribution is 7.80. The molecule has 4 nitrogen and oxygen atoms in total. The summed E-state index contributed by atoms with van der Waals surface area (Å²) in [6.45, 7) is 0.224. The van der Waals surface area contributed by atoms with E-state index in [2.05, 4.69) is 15.6 Å². The van der Waals surface area contributed by atoms with Gasteiger partial charge in [-0.3, -0.25) is 0 Å². The van der Waals surface area contributed by atoms with Crippen molar-refractivity contribution in [3.63, 3.8) is 0 Å². The van der Waals surface area contributed by atoms with Crippen molar-refractivity contribution in [3.8, 4) is 5.75 Å². The number of pyridine rings is 1. The van der Waals surface area contributed by atoms with Gasteiger partial charge in [-0.25, -0.2) is 9.37 Å². The van der Waals surface area contributed by atoms with Crippen LogP contribution in [0.3, 0.4) is 0 Å². The van der Waals surface area contributed by atoms with Crippen molar-refractivity contribution in [1.82, 2.24) is 4.98 Å². The Hall–Kier alpha value is -3.51. The van der Waals surface area contributed by atoms with Gasteiger partial charge in [0.25, 0.3) is 0 Å². The summed E-state index contributed by atoms with van der Waals surface area (Å²) < 4.78 is 19.2. The van der Waals surface area contributed by atoms with E-state index in [0.29, 0.717) is 16.7 Å². The molecular weight excluding hydrogens is 385 g/mol. The van der Waals surface area contributed by atoms with Gasteiger partial charge in [0.15, 0.2) is 16.7 Å². The molecule has 0 amide bonds. The van der Waals surface area contributed by atoms with E-state index in [1.54, 1.807) is 30.5 Å². The van der Waals surface area contributed by atoms with E-state index >= 15 is 0 Å². The first kappa shape index (κ1) is 18.8. The number of ether oxygens (including phenoxy) is 1. The van der Waals surface area contributed by atoms with Gasteiger partial charge >= 0.3 is 0 Å². The minimum Gasteiger partial charge on any atom is -0.485 e. The molecule has 6 heteroatoms. The number of nitrogens with zero attached hydrogens (tertiary/aromatic N) is 1. The number of anilines is 2. The maximum Gasteiger partial charge on any atom is 0.176 e. The molecule has 0 fully saturated rings. The number of hydrogen-bond donors (Lipinski definition) is 2. The van der Waals surface area contributed by atoms with Crippen molar-refractivity contribution in [2.75, 3.05) is 10.6 Å². The Morgan fingerprint density at radius 1 is 0.931 bits per heavy atom. The summed E-state index contributed by atoms with van der Waals surface area (Å²) in [6.07, 6.45) is 1.65. The van der Waals surface area contributed by atoms with Crippen LogP contribution < -0.4 is 15.4 Å². The van der Waals surface area contributed by atoms with Crippen LogP contribution >= 0.6 is 12.2 Å². The van der Waals surface area contributed by atoms with Crippen LogP contribution in [0.1, 0.15) is 5.56 Å². The number of halogens is 1. The number of hydrogen-bond acceptors (Lipinski definition) is 3. The van der Waals surface area contributed by atoms with Gasteiger partial charge in [-0.15, -0.1) is 0 Å². The number of fused-ring (bicyclic) bond motifs is 1. The van der Waals surface area contributed by atoms with E-state index < -0.39 is 0 Å². The maximum atomic E-state index is 13.4. The highest BCUT2D eigenvalue weighted by Gasteiger charge is 2.09. The SMILES string of the molecule is Fc1cccc(COc2cccnc2NC(=S)Nc2cccc3ccccc23)c1. The van der Waals surface area contributed by atoms with E-state index in [-0.39, 0.29) is 12.4 Å². The van der Waals surface area contributed by atoms with Gasteiger partial charge in [-0.05, 0) is 53.5 Å². The van der Waals surface area contributed by atoms with Crippen molar-refractivity contribution in [2.45, 2.75) is 6.61 Å². The normalized spacial score (nSPS) is 10.5. The number of aromatic nitrogens is 1. The third kappa shape index (κ3) is 4.67. The Morgan fingerprint density at radius 3 is 2.66 bits per heavy atom. The van der Waals surface area contributed by atoms with E-state index in [1.165, 1.54) is 12.1 Å². The first-order valence-electron chi connectivity index (χ1n) is 9.07. The van der Waals surface area contributed by atoms with Crippen LogP contribution in [0.2, 0.25) is 0 Å². The molecule has 0 aliphatic carbocycles. The molecule has 0 bridgehead atoms. The molecule has 1 heterocycles. The Morgan fingerprint density at radius 2 is 1.76 bits per heavy atom. The summed E-state index contributed by atoms with van der Waals surface area (Å²) in [5.74, 6) is 0.719. The van der Waals surface area contributed by atoms with Gasteiger partial charge in [-0.1, -0.05) is 48.5 Å². The summed E-state index contributed by atoms with van der Waals surface area (Å²) in [7, 11) is 0. The number of rotatable bonds is 5. The first-order valence-corrected chi connectivity index (χ1v) is 9.48. The van der Waals surface area contributed by atoms with Gasteiger partial charge < -0.3 is 15.4 Å². The predicted molar refractivity (Wildman–Crippen MR) is 119 cm³/mol. The lowest BCUT2D eigenvalue weighted by molar-refractivity contribution is 0.306. The molecule has 4 aromatic rings. The quantitative estimate of drug-likeness (QED) is 0.415. The minimum atomic E-state index is -0.295. The molecule has 0 aliphatic heterocycles. The van der Waals surface area contributed by atoms with E-state index in [4.69, 9.17) is 17.0 Å². The summed E-state index contributed by atoms with van der Waals surface area (Å²) in [6, 6.07) is 23.9. The van der Waals surface area contributed by atoms with Crippen molar-refractivity contribution in [3.05, 3.63) is 96.4 Å². The van der Waals surface area contributed by atoms with E-state index in [0.717, 1.165) is 22.0 Å². The molecule has 144 valence electrons. The van der Waals surface area contributed by atoms with Crippen LogP contribution in [0, 0.1) is 5.82 Å². The molecule has 0 radical (unpaired) electrons. The summed E-state index contributed by atoms with van der Waals surface area (Å²) in [4.78, 5) is 4.31. The molecule has 29 heavy (non-hydrogen) atoms. The topological polar surface area (TPSA) is 46.2 Å². The van der Waals surface area contributed by atoms with E-state index in [1.807, 2.05) is 42.5 Å². The number of thiocarbonyl (C=S) groups is 1. The Labute approximate surface area is 173 Å². The highest BCUT2D eigenvalue weighted by Crippen LogP contribution is 2.25. The fraction of sp³-hybridized carbons (Fsp3) is 0.0435. The zero-order valence-corrected chi connectivity index (χ0v) is 16.2. The zero-order valence-electron chi connectivity index (χ0n) is 15.4. The lowest BCUT2D eigenvalue weighted by Gasteiger charge is -2.15. The Kier molecular flexibility index (Phi) is 5.63. The van der Waals surface area contributed by atoms with Gasteiger partial charge in [-0.2, -0.15) is 0 Å². The molecule has 0 saturated carbocycles. The second kappa shape index (κ2) is 8.67. The predicted octanol–water partition coefficient (Wildman–Crippen LogP) is 5.76. The molecule has 4 rings (SSSR count). The maximum absolute atomic E-state index is 13.4. The van der Waals surface area contributed by atoms with Gasteiger partial charge in [0, 0.05) is 17.3 Å².